The molecule has 0 unspecified atom stereocenters. The standard InChI is InChI=1S/C14H17N3/c1-14(2,3)12-7-8-16-13(17-12)10-5-4-6-11(15)9-10/h4-9H,15H2,1-3H3. The van der Waals surface area contributed by atoms with Crippen molar-refractivity contribution < 1.29 is 0 Å². The molecule has 2 aromatic rings. The zero-order valence-electron chi connectivity index (χ0n) is 10.4. The third-order valence-electron chi connectivity index (χ3n) is 2.57. The van der Waals surface area contributed by atoms with Gasteiger partial charge in [0.15, 0.2) is 5.82 Å². The summed E-state index contributed by atoms with van der Waals surface area (Å²) in [4.78, 5) is 8.89. The van der Waals surface area contributed by atoms with E-state index in [2.05, 4.69) is 30.7 Å². The van der Waals surface area contributed by atoms with Crippen LogP contribution in [0.4, 0.5) is 5.69 Å². The van der Waals surface area contributed by atoms with E-state index in [4.69, 9.17) is 5.73 Å². The number of nitrogens with two attached hydrogens (primary N) is 1. The Bertz CT molecular complexity index is 527. The van der Waals surface area contributed by atoms with Crippen LogP contribution < -0.4 is 5.73 Å². The molecular formula is C14H17N3. The molecule has 17 heavy (non-hydrogen) atoms. The van der Waals surface area contributed by atoms with Crippen LogP contribution in [0, 0.1) is 0 Å². The molecule has 1 aromatic carbocycles. The first kappa shape index (κ1) is 11.6. The van der Waals surface area contributed by atoms with Gasteiger partial charge in [-0.3, -0.25) is 0 Å². The summed E-state index contributed by atoms with van der Waals surface area (Å²) in [5, 5.41) is 0. The Kier molecular flexibility index (Phi) is 2.84. The Morgan fingerprint density at radius 3 is 2.53 bits per heavy atom. The van der Waals surface area contributed by atoms with E-state index in [0.717, 1.165) is 22.8 Å². The summed E-state index contributed by atoms with van der Waals surface area (Å²) in [5.41, 5.74) is 8.51. The van der Waals surface area contributed by atoms with Gasteiger partial charge in [-0.1, -0.05) is 32.9 Å². The smallest absolute Gasteiger partial charge is 0.159 e. The average Bonchev–Trinajstić information content (AvgIpc) is 2.28. The van der Waals surface area contributed by atoms with Gasteiger partial charge in [0, 0.05) is 28.6 Å². The molecule has 0 saturated carbocycles. The third kappa shape index (κ3) is 2.61. The van der Waals surface area contributed by atoms with Crippen molar-refractivity contribution in [3.63, 3.8) is 0 Å². The van der Waals surface area contributed by atoms with Crippen LogP contribution >= 0.6 is 0 Å². The van der Waals surface area contributed by atoms with Crippen molar-refractivity contribution in [1.29, 1.82) is 0 Å². The lowest BCUT2D eigenvalue weighted by molar-refractivity contribution is 0.568. The Balaban J connectivity index is 2.47. The zero-order chi connectivity index (χ0) is 12.5. The molecule has 0 aliphatic heterocycles. The van der Waals surface area contributed by atoms with Gasteiger partial charge >= 0.3 is 0 Å². The van der Waals surface area contributed by atoms with Crippen molar-refractivity contribution in [1.82, 2.24) is 9.97 Å². The molecule has 0 atom stereocenters. The molecule has 1 aromatic heterocycles. The molecule has 0 spiro atoms. The number of aromatic nitrogens is 2. The summed E-state index contributed by atoms with van der Waals surface area (Å²) >= 11 is 0. The first-order chi connectivity index (χ1) is 7.97. The maximum atomic E-state index is 5.76. The molecule has 0 aliphatic rings. The molecule has 3 heteroatoms. The van der Waals surface area contributed by atoms with E-state index < -0.39 is 0 Å². The molecule has 0 bridgehead atoms. The first-order valence-electron chi connectivity index (χ1n) is 5.66. The fraction of sp³-hybridized carbons (Fsp3) is 0.286. The number of nitrogen functional groups attached to an aromatic ring is 1. The van der Waals surface area contributed by atoms with Gasteiger partial charge < -0.3 is 5.73 Å². The van der Waals surface area contributed by atoms with Crippen LogP contribution in [0.3, 0.4) is 0 Å². The summed E-state index contributed by atoms with van der Waals surface area (Å²) in [6.45, 7) is 6.41. The van der Waals surface area contributed by atoms with E-state index in [0.29, 0.717) is 0 Å². The second-order valence-electron chi connectivity index (χ2n) is 5.14. The Hall–Kier alpha value is -1.90. The number of benzene rings is 1. The van der Waals surface area contributed by atoms with Gasteiger partial charge in [0.25, 0.3) is 0 Å². The van der Waals surface area contributed by atoms with E-state index >= 15 is 0 Å². The topological polar surface area (TPSA) is 51.8 Å². The molecule has 0 amide bonds. The zero-order valence-corrected chi connectivity index (χ0v) is 10.4. The minimum absolute atomic E-state index is 0.0258. The van der Waals surface area contributed by atoms with E-state index in [-0.39, 0.29) is 5.41 Å². The van der Waals surface area contributed by atoms with Crippen LogP contribution in [-0.4, -0.2) is 9.97 Å². The van der Waals surface area contributed by atoms with Crippen molar-refractivity contribution >= 4 is 5.69 Å². The van der Waals surface area contributed by atoms with Crippen molar-refractivity contribution in [3.05, 3.63) is 42.2 Å². The maximum Gasteiger partial charge on any atom is 0.159 e. The number of anilines is 1. The van der Waals surface area contributed by atoms with Gasteiger partial charge in [-0.05, 0) is 18.2 Å². The minimum atomic E-state index is 0.0258. The Morgan fingerprint density at radius 1 is 1.12 bits per heavy atom. The molecule has 2 rings (SSSR count). The van der Waals surface area contributed by atoms with Crippen LogP contribution in [0.5, 0.6) is 0 Å². The van der Waals surface area contributed by atoms with Gasteiger partial charge in [0.1, 0.15) is 0 Å². The molecule has 0 saturated heterocycles. The lowest BCUT2D eigenvalue weighted by Gasteiger charge is -2.17. The molecule has 2 N–H and O–H groups in total. The average molecular weight is 227 g/mol. The minimum Gasteiger partial charge on any atom is -0.399 e. The van der Waals surface area contributed by atoms with Crippen molar-refractivity contribution in [3.8, 4) is 11.4 Å². The first-order valence-corrected chi connectivity index (χ1v) is 5.66. The molecule has 0 aliphatic carbocycles. The quantitative estimate of drug-likeness (QED) is 0.762. The summed E-state index contributed by atoms with van der Waals surface area (Å²) in [6.07, 6.45) is 1.80. The van der Waals surface area contributed by atoms with Crippen LogP contribution in [0.25, 0.3) is 11.4 Å². The summed E-state index contributed by atoms with van der Waals surface area (Å²) in [6, 6.07) is 9.59. The lowest BCUT2D eigenvalue weighted by Crippen LogP contribution is -2.14. The fourth-order valence-electron chi connectivity index (χ4n) is 1.59. The molecular weight excluding hydrogens is 210 g/mol. The summed E-state index contributed by atoms with van der Waals surface area (Å²) in [5.74, 6) is 0.727. The van der Waals surface area contributed by atoms with Gasteiger partial charge in [0.05, 0.1) is 0 Å². The highest BCUT2D eigenvalue weighted by Gasteiger charge is 2.16. The molecule has 88 valence electrons. The summed E-state index contributed by atoms with van der Waals surface area (Å²) < 4.78 is 0. The summed E-state index contributed by atoms with van der Waals surface area (Å²) in [7, 11) is 0. The number of hydrogen-bond donors (Lipinski definition) is 1. The predicted molar refractivity (Wildman–Crippen MR) is 70.6 cm³/mol. The largest absolute Gasteiger partial charge is 0.399 e. The van der Waals surface area contributed by atoms with E-state index in [1.165, 1.54) is 0 Å². The van der Waals surface area contributed by atoms with Crippen molar-refractivity contribution in [2.24, 2.45) is 0 Å². The van der Waals surface area contributed by atoms with Crippen LogP contribution in [-0.2, 0) is 5.41 Å². The van der Waals surface area contributed by atoms with Crippen molar-refractivity contribution in [2.75, 3.05) is 5.73 Å². The highest BCUT2D eigenvalue weighted by Crippen LogP contribution is 2.23. The van der Waals surface area contributed by atoms with Crippen LogP contribution in [0.2, 0.25) is 0 Å². The number of rotatable bonds is 1. The van der Waals surface area contributed by atoms with Crippen molar-refractivity contribution in [2.45, 2.75) is 26.2 Å². The van der Waals surface area contributed by atoms with E-state index in [1.54, 1.807) is 6.20 Å². The van der Waals surface area contributed by atoms with Gasteiger partial charge in [-0.15, -0.1) is 0 Å². The molecule has 0 radical (unpaired) electrons. The van der Waals surface area contributed by atoms with Crippen LogP contribution in [0.1, 0.15) is 26.5 Å². The van der Waals surface area contributed by atoms with E-state index in [9.17, 15) is 0 Å². The molecule has 1 heterocycles. The predicted octanol–water partition coefficient (Wildman–Crippen LogP) is 3.02. The normalized spacial score (nSPS) is 11.5. The highest BCUT2D eigenvalue weighted by atomic mass is 14.9. The molecule has 3 nitrogen and oxygen atoms in total. The Morgan fingerprint density at radius 2 is 1.88 bits per heavy atom. The second-order valence-corrected chi connectivity index (χ2v) is 5.14. The fourth-order valence-corrected chi connectivity index (χ4v) is 1.59. The monoisotopic (exact) mass is 227 g/mol. The van der Waals surface area contributed by atoms with Gasteiger partial charge in [0.2, 0.25) is 0 Å². The number of nitrogens with zero attached hydrogens (tertiary/aromatic N) is 2. The Labute approximate surface area is 102 Å². The maximum absolute atomic E-state index is 5.76. The van der Waals surface area contributed by atoms with Gasteiger partial charge in [-0.2, -0.15) is 0 Å². The highest BCUT2D eigenvalue weighted by molar-refractivity contribution is 5.60. The molecule has 0 fully saturated rings. The van der Waals surface area contributed by atoms with Crippen LogP contribution in [0.15, 0.2) is 36.5 Å². The van der Waals surface area contributed by atoms with Gasteiger partial charge in [-0.25, -0.2) is 9.97 Å². The van der Waals surface area contributed by atoms with E-state index in [1.807, 2.05) is 30.3 Å². The third-order valence-corrected chi connectivity index (χ3v) is 2.57. The SMILES string of the molecule is CC(C)(C)c1ccnc(-c2cccc(N)c2)n1. The second kappa shape index (κ2) is 4.17. The number of hydrogen-bond acceptors (Lipinski definition) is 3. The lowest BCUT2D eigenvalue weighted by atomic mass is 9.92.